The third-order valence-corrected chi connectivity index (χ3v) is 7.63. The van der Waals surface area contributed by atoms with E-state index in [0.717, 1.165) is 45.4 Å². The number of likely N-dealkylation sites (tertiary alicyclic amines) is 1. The molecule has 5 rings (SSSR count). The molecule has 5 nitrogen and oxygen atoms in total. The van der Waals surface area contributed by atoms with Gasteiger partial charge in [0.05, 0.1) is 13.2 Å². The summed E-state index contributed by atoms with van der Waals surface area (Å²) in [6.45, 7) is 7.84. The lowest BCUT2D eigenvalue weighted by Crippen LogP contribution is -2.50. The van der Waals surface area contributed by atoms with Crippen LogP contribution in [0.25, 0.3) is 10.8 Å². The van der Waals surface area contributed by atoms with Crippen molar-refractivity contribution >= 4 is 16.7 Å². The van der Waals surface area contributed by atoms with Crippen LogP contribution >= 0.6 is 0 Å². The molecule has 178 valence electrons. The number of benzene rings is 2. The largest absolute Gasteiger partial charge is 0.379 e. The summed E-state index contributed by atoms with van der Waals surface area (Å²) in [7, 11) is 0. The Morgan fingerprint density at radius 1 is 1.06 bits per heavy atom. The summed E-state index contributed by atoms with van der Waals surface area (Å²) in [6.07, 6.45) is 6.52. The van der Waals surface area contributed by atoms with Gasteiger partial charge in [-0.1, -0.05) is 55.5 Å². The Balaban J connectivity index is 1.23. The van der Waals surface area contributed by atoms with Crippen molar-refractivity contribution in [3.63, 3.8) is 0 Å². The van der Waals surface area contributed by atoms with Gasteiger partial charge in [-0.05, 0) is 54.9 Å². The van der Waals surface area contributed by atoms with Crippen molar-refractivity contribution in [1.82, 2.24) is 14.8 Å². The van der Waals surface area contributed by atoms with Gasteiger partial charge in [0.1, 0.15) is 0 Å². The van der Waals surface area contributed by atoms with E-state index in [-0.39, 0.29) is 5.41 Å². The van der Waals surface area contributed by atoms with Gasteiger partial charge in [-0.3, -0.25) is 14.7 Å². The Morgan fingerprint density at radius 2 is 1.88 bits per heavy atom. The zero-order chi connectivity index (χ0) is 23.4. The number of hydrogen-bond donors (Lipinski definition) is 0. The number of ether oxygens (including phenoxy) is 1. The molecule has 1 atom stereocenters. The van der Waals surface area contributed by atoms with Crippen molar-refractivity contribution in [1.29, 1.82) is 0 Å². The molecular formula is C29H35N3O2. The van der Waals surface area contributed by atoms with E-state index in [4.69, 9.17) is 4.74 Å². The van der Waals surface area contributed by atoms with Gasteiger partial charge in [-0.2, -0.15) is 0 Å². The van der Waals surface area contributed by atoms with Crippen molar-refractivity contribution < 1.29 is 9.53 Å². The van der Waals surface area contributed by atoms with Crippen molar-refractivity contribution in [2.75, 3.05) is 39.4 Å². The molecule has 5 heteroatoms. The molecule has 0 unspecified atom stereocenters. The average molecular weight is 458 g/mol. The zero-order valence-corrected chi connectivity index (χ0v) is 20.2. The minimum absolute atomic E-state index is 0.286. The monoisotopic (exact) mass is 457 g/mol. The van der Waals surface area contributed by atoms with E-state index in [1.165, 1.54) is 21.9 Å². The molecule has 1 amide bonds. The number of rotatable bonds is 5. The van der Waals surface area contributed by atoms with Crippen LogP contribution in [0.5, 0.6) is 0 Å². The summed E-state index contributed by atoms with van der Waals surface area (Å²) in [5.74, 6) is 0.598. The fourth-order valence-electron chi connectivity index (χ4n) is 5.50. The van der Waals surface area contributed by atoms with Crippen molar-refractivity contribution in [3.8, 4) is 0 Å². The number of nitrogens with zero attached hydrogens (tertiary/aromatic N) is 3. The molecular weight excluding hydrogens is 422 g/mol. The number of aromatic nitrogens is 1. The van der Waals surface area contributed by atoms with Gasteiger partial charge in [0.2, 0.25) is 5.91 Å². The molecule has 34 heavy (non-hydrogen) atoms. The minimum atomic E-state index is -0.286. The molecule has 3 heterocycles. The zero-order valence-electron chi connectivity index (χ0n) is 20.2. The number of hydrogen-bond acceptors (Lipinski definition) is 4. The van der Waals surface area contributed by atoms with Crippen LogP contribution in [0.1, 0.15) is 30.9 Å². The molecule has 0 bridgehead atoms. The quantitative estimate of drug-likeness (QED) is 0.564. The lowest BCUT2D eigenvalue weighted by atomic mass is 9.78. The molecule has 0 spiro atoms. The second kappa shape index (κ2) is 10.2. The first kappa shape index (κ1) is 23.0. The third kappa shape index (κ3) is 5.16. The highest BCUT2D eigenvalue weighted by Crippen LogP contribution is 2.34. The van der Waals surface area contributed by atoms with E-state index in [0.29, 0.717) is 31.6 Å². The van der Waals surface area contributed by atoms with Crippen LogP contribution in [0.2, 0.25) is 0 Å². The Bertz CT molecular complexity index is 1100. The standard InChI is InChI=1S/C29H35N3O2/c1-29(11-14-31(15-12-29)20-23-6-3-2-4-7-23)28(33)32-16-17-34-22-24(21-32)18-26-9-5-8-25-10-13-30-19-27(25)26/h2-10,13,19,24H,11-12,14-18,20-22H2,1H3/t24-/m1/s1. The fourth-order valence-corrected chi connectivity index (χ4v) is 5.50. The van der Waals surface area contributed by atoms with E-state index in [1.807, 2.05) is 12.4 Å². The Kier molecular flexibility index (Phi) is 6.93. The van der Waals surface area contributed by atoms with Gasteiger partial charge in [-0.15, -0.1) is 0 Å². The lowest BCUT2D eigenvalue weighted by molar-refractivity contribution is -0.144. The molecule has 2 aromatic carbocycles. The molecule has 0 saturated carbocycles. The normalized spacial score (nSPS) is 21.3. The number of fused-ring (bicyclic) bond motifs is 1. The third-order valence-electron chi connectivity index (χ3n) is 7.63. The van der Waals surface area contributed by atoms with Gasteiger partial charge in [0, 0.05) is 48.7 Å². The van der Waals surface area contributed by atoms with Crippen LogP contribution in [0.15, 0.2) is 67.0 Å². The van der Waals surface area contributed by atoms with E-state index in [9.17, 15) is 4.79 Å². The first-order valence-corrected chi connectivity index (χ1v) is 12.6. The fraction of sp³-hybridized carbons (Fsp3) is 0.448. The van der Waals surface area contributed by atoms with Crippen LogP contribution in [0, 0.1) is 11.3 Å². The maximum Gasteiger partial charge on any atom is 0.228 e. The second-order valence-corrected chi connectivity index (χ2v) is 10.2. The van der Waals surface area contributed by atoms with E-state index >= 15 is 0 Å². The minimum Gasteiger partial charge on any atom is -0.379 e. The molecule has 1 aromatic heterocycles. The molecule has 2 aliphatic heterocycles. The van der Waals surface area contributed by atoms with Crippen molar-refractivity contribution in [2.24, 2.45) is 11.3 Å². The van der Waals surface area contributed by atoms with E-state index in [2.05, 4.69) is 76.3 Å². The van der Waals surface area contributed by atoms with Crippen LogP contribution in [-0.4, -0.2) is 60.1 Å². The van der Waals surface area contributed by atoms with Gasteiger partial charge >= 0.3 is 0 Å². The van der Waals surface area contributed by atoms with Gasteiger partial charge < -0.3 is 9.64 Å². The van der Waals surface area contributed by atoms with Crippen molar-refractivity contribution in [3.05, 3.63) is 78.1 Å². The smallest absolute Gasteiger partial charge is 0.228 e. The van der Waals surface area contributed by atoms with Crippen LogP contribution < -0.4 is 0 Å². The molecule has 0 N–H and O–H groups in total. The van der Waals surface area contributed by atoms with Crippen LogP contribution in [-0.2, 0) is 22.5 Å². The Labute approximate surface area is 202 Å². The summed E-state index contributed by atoms with van der Waals surface area (Å²) in [5, 5.41) is 2.41. The average Bonchev–Trinajstić information content (AvgIpc) is 3.11. The molecule has 2 saturated heterocycles. The van der Waals surface area contributed by atoms with Gasteiger partial charge in [0.25, 0.3) is 0 Å². The molecule has 2 aliphatic rings. The number of amides is 1. The second-order valence-electron chi connectivity index (χ2n) is 10.2. The highest BCUT2D eigenvalue weighted by Gasteiger charge is 2.40. The van der Waals surface area contributed by atoms with E-state index < -0.39 is 0 Å². The highest BCUT2D eigenvalue weighted by atomic mass is 16.5. The highest BCUT2D eigenvalue weighted by molar-refractivity contribution is 5.85. The summed E-state index contributed by atoms with van der Waals surface area (Å²) < 4.78 is 5.96. The molecule has 0 aliphatic carbocycles. The van der Waals surface area contributed by atoms with Crippen LogP contribution in [0.3, 0.4) is 0 Å². The van der Waals surface area contributed by atoms with E-state index in [1.54, 1.807) is 0 Å². The number of carbonyl (C=O) groups is 1. The first-order chi connectivity index (χ1) is 16.6. The Morgan fingerprint density at radius 3 is 2.71 bits per heavy atom. The first-order valence-electron chi connectivity index (χ1n) is 12.6. The molecule has 0 radical (unpaired) electrons. The van der Waals surface area contributed by atoms with Gasteiger partial charge in [-0.25, -0.2) is 0 Å². The topological polar surface area (TPSA) is 45.7 Å². The summed E-state index contributed by atoms with van der Waals surface area (Å²) in [5.41, 5.74) is 2.34. The lowest BCUT2D eigenvalue weighted by Gasteiger charge is -2.41. The Hall–Kier alpha value is -2.76. The van der Waals surface area contributed by atoms with Crippen LogP contribution in [0.4, 0.5) is 0 Å². The number of pyridine rings is 1. The summed E-state index contributed by atoms with van der Waals surface area (Å²) >= 11 is 0. The maximum absolute atomic E-state index is 13.7. The summed E-state index contributed by atoms with van der Waals surface area (Å²) in [4.78, 5) is 22.6. The SMILES string of the molecule is CC1(C(=O)N2CCOC[C@H](Cc3cccc4ccncc34)C2)CCN(Cc2ccccc2)CC1. The molecule has 2 fully saturated rings. The maximum atomic E-state index is 13.7. The number of piperidine rings is 1. The summed E-state index contributed by atoms with van der Waals surface area (Å²) in [6, 6.07) is 19.1. The molecule has 3 aromatic rings. The van der Waals surface area contributed by atoms with Gasteiger partial charge in [0.15, 0.2) is 0 Å². The predicted molar refractivity (Wildman–Crippen MR) is 135 cm³/mol. The van der Waals surface area contributed by atoms with Crippen molar-refractivity contribution in [2.45, 2.75) is 32.7 Å². The predicted octanol–water partition coefficient (Wildman–Crippen LogP) is 4.55. The number of carbonyl (C=O) groups excluding carboxylic acids is 1.